The Morgan fingerprint density at radius 3 is 1.13 bits per heavy atom. The summed E-state index contributed by atoms with van der Waals surface area (Å²) in [5, 5.41) is 0. The van der Waals surface area contributed by atoms with Gasteiger partial charge in [-0.05, 0) is 0 Å². The molecule has 0 spiro atoms. The maximum Gasteiger partial charge on any atom is 2.00 e. The molecule has 0 N–H and O–H groups in total. The molecule has 15 heteroatoms. The van der Waals surface area contributed by atoms with Gasteiger partial charge < -0.3 is 0 Å². The van der Waals surface area contributed by atoms with Crippen molar-refractivity contribution in [3.8, 4) is 0 Å². The van der Waals surface area contributed by atoms with Crippen molar-refractivity contribution < 1.29 is 71.1 Å². The van der Waals surface area contributed by atoms with Crippen LogP contribution in [0, 0.1) is 0 Å². The van der Waals surface area contributed by atoms with Gasteiger partial charge in [0, 0.05) is 0 Å². The Morgan fingerprint density at radius 1 is 1.13 bits per heavy atom. The number of hydrogen-bond donors (Lipinski definition) is 0. The van der Waals surface area contributed by atoms with Crippen LogP contribution in [0.1, 0.15) is 0 Å². The molecule has 0 atom stereocenters. The van der Waals surface area contributed by atoms with E-state index in [1.54, 1.807) is 0 Å². The Labute approximate surface area is 207 Å². The van der Waals surface area contributed by atoms with Gasteiger partial charge in [-0.2, -0.15) is 0 Å². The van der Waals surface area contributed by atoms with Gasteiger partial charge in [-0.15, -0.1) is 0 Å². The first-order chi connectivity index (χ1) is 5.20. The topological polar surface area (TPSA) is 190 Å². The summed E-state index contributed by atoms with van der Waals surface area (Å²) in [4.78, 5) is 0. The summed E-state index contributed by atoms with van der Waals surface area (Å²) in [6, 6.07) is 0. The van der Waals surface area contributed by atoms with E-state index in [1.165, 1.54) is 0 Å². The van der Waals surface area contributed by atoms with Crippen molar-refractivity contribution in [2.24, 2.45) is 0 Å². The monoisotopic (exact) mass is 835 g/mol. The van der Waals surface area contributed by atoms with E-state index in [0.29, 0.717) is 0 Å². The quantitative estimate of drug-likeness (QED) is 0.214. The Bertz CT molecular complexity index is 128. The first-order valence-electron chi connectivity index (χ1n) is 1.84. The van der Waals surface area contributed by atoms with E-state index < -0.39 is 61.8 Å². The Morgan fingerprint density at radius 2 is 1.13 bits per heavy atom. The van der Waals surface area contributed by atoms with Crippen molar-refractivity contribution >= 4 is 142 Å². The molecule has 0 aliphatic heterocycles. The molecule has 0 heterocycles. The van der Waals surface area contributed by atoms with E-state index in [2.05, 4.69) is 0 Å². The van der Waals surface area contributed by atoms with Gasteiger partial charge in [0.15, 0.2) is 0 Å². The van der Waals surface area contributed by atoms with Crippen molar-refractivity contribution in [3.05, 3.63) is 0 Å². The summed E-state index contributed by atoms with van der Waals surface area (Å²) in [6.07, 6.45) is 0. The molecule has 0 unspecified atom stereocenters. The summed E-state index contributed by atoms with van der Waals surface area (Å²) in [5.41, 5.74) is 0. The summed E-state index contributed by atoms with van der Waals surface area (Å²) >= 11 is -12.7. The Hall–Kier alpha value is 5.53. The molecular weight excluding hydrogens is 834 g/mol. The minimum Gasteiger partial charge on any atom is 2.00 e. The molecular formula is BaO9PbSnSrTiZr. The normalized spacial score (nSPS) is 5.20. The van der Waals surface area contributed by atoms with Gasteiger partial charge in [-0.3, -0.25) is 0 Å². The molecule has 0 aromatic carbocycles. The van der Waals surface area contributed by atoms with Crippen LogP contribution < -0.4 is 20.6 Å². The van der Waals surface area contributed by atoms with Crippen LogP contribution in [0.5, 0.6) is 0 Å². The van der Waals surface area contributed by atoms with Crippen LogP contribution >= 0.6 is 0 Å². The van der Waals surface area contributed by atoms with Gasteiger partial charge in [0.25, 0.3) is 0 Å². The van der Waals surface area contributed by atoms with E-state index in [9.17, 15) is 0 Å². The first-order valence-corrected chi connectivity index (χ1v) is 10.3. The SMILES string of the molecule is [Ba+2].[O]=[Sn]([O-])[O-].[O]=[Ti]([O-])[O-].[O]=[Zr]([O-])[O-].[Pb+2].[Sr+2]. The largest absolute Gasteiger partial charge is 2.00 e. The van der Waals surface area contributed by atoms with Crippen LogP contribution in [0.2, 0.25) is 0 Å². The maximum absolute atomic E-state index is 8.61. The second kappa shape index (κ2) is 31.8. The Kier molecular flexibility index (Phi) is 78.5. The molecule has 0 aliphatic carbocycles. The van der Waals surface area contributed by atoms with Crippen LogP contribution in [0.15, 0.2) is 0 Å². The van der Waals surface area contributed by atoms with Crippen molar-refractivity contribution in [2.45, 2.75) is 0 Å². The molecule has 0 aromatic heterocycles. The smallest absolute Gasteiger partial charge is 2.00 e. The average molecular weight is 834 g/mol. The zero-order chi connectivity index (χ0) is 10.7. The fraction of sp³-hybridized carbons (Fsp3) is 0. The van der Waals surface area contributed by atoms with Gasteiger partial charge in [0.05, 0.1) is 0 Å². The van der Waals surface area contributed by atoms with Crippen LogP contribution in [-0.4, -0.2) is 142 Å². The van der Waals surface area contributed by atoms with Crippen molar-refractivity contribution in [1.29, 1.82) is 0 Å². The van der Waals surface area contributed by atoms with E-state index in [4.69, 9.17) is 29.8 Å². The summed E-state index contributed by atoms with van der Waals surface area (Å²) < 4.78 is 77.4. The van der Waals surface area contributed by atoms with Gasteiger partial charge in [0.1, 0.15) is 0 Å². The molecule has 0 fully saturated rings. The molecule has 0 rings (SSSR count). The third-order valence-corrected chi connectivity index (χ3v) is 0. The summed E-state index contributed by atoms with van der Waals surface area (Å²) in [6.45, 7) is 0. The zero-order valence-electron chi connectivity index (χ0n) is 7.09. The fourth-order valence-corrected chi connectivity index (χ4v) is 0. The molecule has 2 radical (unpaired) electrons. The predicted molar refractivity (Wildman–Crippen MR) is 25.1 cm³/mol. The molecule has 0 bridgehead atoms. The third kappa shape index (κ3) is 196. The zero-order valence-corrected chi connectivity index (χ0v) is 25.8. The van der Waals surface area contributed by atoms with Crippen LogP contribution in [0.4, 0.5) is 0 Å². The fourth-order valence-electron chi connectivity index (χ4n) is 0. The predicted octanol–water partition coefficient (Wildman–Crippen LogP) is -9.02. The minimum atomic E-state index is -4.29. The first kappa shape index (κ1) is 37.1. The number of rotatable bonds is 0. The molecule has 9 nitrogen and oxygen atoms in total. The summed E-state index contributed by atoms with van der Waals surface area (Å²) in [5.74, 6) is 0. The average Bonchev–Trinajstić information content (AvgIpc) is 1.54. The maximum atomic E-state index is 8.61. The van der Waals surface area contributed by atoms with E-state index in [-0.39, 0.29) is 122 Å². The van der Waals surface area contributed by atoms with Crippen molar-refractivity contribution in [3.63, 3.8) is 0 Å². The summed E-state index contributed by atoms with van der Waals surface area (Å²) in [7, 11) is 0. The van der Waals surface area contributed by atoms with E-state index in [0.717, 1.165) is 0 Å². The van der Waals surface area contributed by atoms with Crippen LogP contribution in [0.3, 0.4) is 0 Å². The molecule has 0 saturated carbocycles. The molecule has 15 heavy (non-hydrogen) atoms. The standard InChI is InChI=1S/Ba.9O.Pb.Sn.Sr.Ti.Zr/q+2;;;;6*-1;+2;;+2;;. The minimum absolute atomic E-state index is 0. The molecule has 0 aromatic rings. The van der Waals surface area contributed by atoms with Gasteiger partial charge in [-0.1, -0.05) is 0 Å². The molecule has 74 valence electrons. The van der Waals surface area contributed by atoms with E-state index >= 15 is 0 Å². The second-order valence-electron chi connectivity index (χ2n) is 0.750. The van der Waals surface area contributed by atoms with Crippen molar-refractivity contribution in [1.82, 2.24) is 0 Å². The van der Waals surface area contributed by atoms with Crippen molar-refractivity contribution in [2.75, 3.05) is 0 Å². The number of hydrogen-bond acceptors (Lipinski definition) is 9. The molecule has 0 aliphatic rings. The van der Waals surface area contributed by atoms with Crippen LogP contribution in [0.25, 0.3) is 0 Å². The molecule has 0 amide bonds. The van der Waals surface area contributed by atoms with E-state index in [1.807, 2.05) is 0 Å². The van der Waals surface area contributed by atoms with Gasteiger partial charge in [0.2, 0.25) is 0 Å². The molecule has 0 saturated heterocycles. The second-order valence-corrected chi connectivity index (χ2v) is 4.19. The van der Waals surface area contributed by atoms with Gasteiger partial charge in [-0.25, -0.2) is 0 Å². The third-order valence-electron chi connectivity index (χ3n) is 0. The van der Waals surface area contributed by atoms with Gasteiger partial charge >= 0.3 is 213 Å². The van der Waals surface area contributed by atoms with Crippen LogP contribution in [-0.2, 0) is 50.5 Å². The Balaban J connectivity index is -0.0000000184.